The van der Waals surface area contributed by atoms with E-state index in [0.29, 0.717) is 6.04 Å². The SMILES string of the molecule is CCNC(=NCCN1CCN(C(C)=O)CC1)NC(C)CCc1ccccc1.I. The molecule has 6 nitrogen and oxygen atoms in total. The number of piperazine rings is 1. The van der Waals surface area contributed by atoms with Gasteiger partial charge in [-0.1, -0.05) is 30.3 Å². The maximum absolute atomic E-state index is 11.4. The van der Waals surface area contributed by atoms with Crippen LogP contribution >= 0.6 is 24.0 Å². The Kier molecular flexibility index (Phi) is 12.1. The number of hydrogen-bond donors (Lipinski definition) is 2. The molecule has 1 aliphatic heterocycles. The van der Waals surface area contributed by atoms with Crippen molar-refractivity contribution in [1.82, 2.24) is 20.4 Å². The topological polar surface area (TPSA) is 60.0 Å². The molecule has 0 aliphatic carbocycles. The van der Waals surface area contributed by atoms with Gasteiger partial charge in [0, 0.05) is 52.2 Å². The molecular weight excluding hydrogens is 465 g/mol. The third kappa shape index (κ3) is 9.23. The number of aryl methyl sites for hydroxylation is 1. The van der Waals surface area contributed by atoms with E-state index in [1.807, 2.05) is 4.90 Å². The second kappa shape index (κ2) is 13.8. The van der Waals surface area contributed by atoms with Crippen molar-refractivity contribution in [2.24, 2.45) is 4.99 Å². The molecule has 1 saturated heterocycles. The molecule has 158 valence electrons. The number of guanidine groups is 1. The normalized spacial score (nSPS) is 16.2. The third-order valence-electron chi connectivity index (χ3n) is 4.94. The van der Waals surface area contributed by atoms with Gasteiger partial charge in [-0.05, 0) is 32.3 Å². The highest BCUT2D eigenvalue weighted by atomic mass is 127. The van der Waals surface area contributed by atoms with E-state index in [2.05, 4.69) is 59.7 Å². The molecule has 28 heavy (non-hydrogen) atoms. The first-order valence-corrected chi connectivity index (χ1v) is 10.1. The lowest BCUT2D eigenvalue weighted by atomic mass is 10.1. The first-order chi connectivity index (χ1) is 13.1. The smallest absolute Gasteiger partial charge is 0.219 e. The monoisotopic (exact) mass is 501 g/mol. The number of carbonyl (C=O) groups excluding carboxylic acids is 1. The molecule has 1 amide bonds. The van der Waals surface area contributed by atoms with E-state index in [0.717, 1.165) is 64.6 Å². The maximum Gasteiger partial charge on any atom is 0.219 e. The summed E-state index contributed by atoms with van der Waals surface area (Å²) in [6.07, 6.45) is 2.14. The summed E-state index contributed by atoms with van der Waals surface area (Å²) in [7, 11) is 0. The molecule has 1 aromatic rings. The first kappa shape index (κ1) is 24.7. The van der Waals surface area contributed by atoms with Gasteiger partial charge in [-0.15, -0.1) is 24.0 Å². The van der Waals surface area contributed by atoms with Crippen LogP contribution in [0.4, 0.5) is 0 Å². The highest BCUT2D eigenvalue weighted by Crippen LogP contribution is 2.05. The van der Waals surface area contributed by atoms with E-state index >= 15 is 0 Å². The van der Waals surface area contributed by atoms with Crippen LogP contribution in [0.15, 0.2) is 35.3 Å². The van der Waals surface area contributed by atoms with Gasteiger partial charge < -0.3 is 15.5 Å². The van der Waals surface area contributed by atoms with Crippen LogP contribution in [0.5, 0.6) is 0 Å². The van der Waals surface area contributed by atoms with Gasteiger partial charge in [0.25, 0.3) is 0 Å². The summed E-state index contributed by atoms with van der Waals surface area (Å²) >= 11 is 0. The molecule has 0 aromatic heterocycles. The van der Waals surface area contributed by atoms with Crippen LogP contribution in [0.3, 0.4) is 0 Å². The quantitative estimate of drug-likeness (QED) is 0.326. The molecule has 1 fully saturated rings. The highest BCUT2D eigenvalue weighted by molar-refractivity contribution is 14.0. The van der Waals surface area contributed by atoms with E-state index in [1.165, 1.54) is 5.56 Å². The van der Waals surface area contributed by atoms with E-state index in [4.69, 9.17) is 4.99 Å². The van der Waals surface area contributed by atoms with E-state index in [9.17, 15) is 4.79 Å². The Labute approximate surface area is 187 Å². The molecule has 1 aliphatic rings. The molecule has 2 rings (SSSR count). The summed E-state index contributed by atoms with van der Waals surface area (Å²) in [5, 5.41) is 6.85. The maximum atomic E-state index is 11.4. The van der Waals surface area contributed by atoms with Crippen LogP contribution in [-0.2, 0) is 11.2 Å². The van der Waals surface area contributed by atoms with Gasteiger partial charge in [0.05, 0.1) is 6.54 Å². The van der Waals surface area contributed by atoms with Crippen molar-refractivity contribution in [3.8, 4) is 0 Å². The van der Waals surface area contributed by atoms with Crippen LogP contribution < -0.4 is 10.6 Å². The molecule has 1 atom stereocenters. The largest absolute Gasteiger partial charge is 0.357 e. The molecule has 1 unspecified atom stereocenters. The number of aliphatic imine (C=N–C) groups is 1. The fourth-order valence-electron chi connectivity index (χ4n) is 3.24. The van der Waals surface area contributed by atoms with Crippen LogP contribution in [0.2, 0.25) is 0 Å². The number of carbonyl (C=O) groups is 1. The second-order valence-electron chi connectivity index (χ2n) is 7.18. The van der Waals surface area contributed by atoms with Crippen molar-refractivity contribution in [2.45, 2.75) is 39.7 Å². The molecule has 0 spiro atoms. The van der Waals surface area contributed by atoms with Crippen molar-refractivity contribution >= 4 is 35.8 Å². The zero-order valence-electron chi connectivity index (χ0n) is 17.5. The Morgan fingerprint density at radius 3 is 2.46 bits per heavy atom. The van der Waals surface area contributed by atoms with Crippen LogP contribution in [0, 0.1) is 0 Å². The van der Waals surface area contributed by atoms with Crippen LogP contribution in [0.25, 0.3) is 0 Å². The molecule has 2 N–H and O–H groups in total. The van der Waals surface area contributed by atoms with Crippen molar-refractivity contribution in [3.63, 3.8) is 0 Å². The summed E-state index contributed by atoms with van der Waals surface area (Å²) in [6.45, 7) is 12.0. The molecule has 1 heterocycles. The Hall–Kier alpha value is -1.35. The minimum absolute atomic E-state index is 0. The number of hydrogen-bond acceptors (Lipinski definition) is 3. The number of nitrogens with one attached hydrogen (secondary N) is 2. The average molecular weight is 501 g/mol. The van der Waals surface area contributed by atoms with E-state index in [1.54, 1.807) is 6.92 Å². The zero-order valence-corrected chi connectivity index (χ0v) is 19.8. The molecular formula is C21H36IN5O. The van der Waals surface area contributed by atoms with Gasteiger partial charge in [0.2, 0.25) is 5.91 Å². The fraction of sp³-hybridized carbons (Fsp3) is 0.619. The van der Waals surface area contributed by atoms with Gasteiger partial charge in [0.1, 0.15) is 0 Å². The summed E-state index contributed by atoms with van der Waals surface area (Å²) in [5.74, 6) is 1.07. The van der Waals surface area contributed by atoms with Crippen LogP contribution in [-0.4, -0.2) is 73.5 Å². The summed E-state index contributed by atoms with van der Waals surface area (Å²) < 4.78 is 0. The van der Waals surface area contributed by atoms with E-state index in [-0.39, 0.29) is 29.9 Å². The second-order valence-corrected chi connectivity index (χ2v) is 7.18. The lowest BCUT2D eigenvalue weighted by Crippen LogP contribution is -2.48. The molecule has 1 aromatic carbocycles. The predicted octanol–water partition coefficient (Wildman–Crippen LogP) is 2.34. The Balaban J connectivity index is 0.00000392. The Morgan fingerprint density at radius 2 is 1.86 bits per heavy atom. The molecule has 7 heteroatoms. The molecule has 0 saturated carbocycles. The summed E-state index contributed by atoms with van der Waals surface area (Å²) in [5.41, 5.74) is 1.37. The summed E-state index contributed by atoms with van der Waals surface area (Å²) in [6, 6.07) is 11.0. The zero-order chi connectivity index (χ0) is 19.5. The van der Waals surface area contributed by atoms with E-state index < -0.39 is 0 Å². The highest BCUT2D eigenvalue weighted by Gasteiger charge is 2.17. The predicted molar refractivity (Wildman–Crippen MR) is 127 cm³/mol. The molecule has 0 bridgehead atoms. The number of nitrogens with zero attached hydrogens (tertiary/aromatic N) is 3. The van der Waals surface area contributed by atoms with Gasteiger partial charge in [-0.25, -0.2) is 0 Å². The van der Waals surface area contributed by atoms with Gasteiger partial charge in [-0.3, -0.25) is 14.7 Å². The Bertz CT molecular complexity index is 588. The number of halogens is 1. The van der Waals surface area contributed by atoms with Crippen molar-refractivity contribution in [2.75, 3.05) is 45.8 Å². The minimum atomic E-state index is 0. The lowest BCUT2D eigenvalue weighted by Gasteiger charge is -2.33. The van der Waals surface area contributed by atoms with Gasteiger partial charge in [-0.2, -0.15) is 0 Å². The standard InChI is InChI=1S/C21H35N5O.HI/c1-4-22-21(24-18(2)10-11-20-8-6-5-7-9-20)23-12-13-25-14-16-26(17-15-25)19(3)27;/h5-9,18H,4,10-17H2,1-3H3,(H2,22,23,24);1H. The molecule has 0 radical (unpaired) electrons. The number of benzene rings is 1. The van der Waals surface area contributed by atoms with Crippen LogP contribution in [0.1, 0.15) is 32.8 Å². The third-order valence-corrected chi connectivity index (χ3v) is 4.94. The fourth-order valence-corrected chi connectivity index (χ4v) is 3.24. The first-order valence-electron chi connectivity index (χ1n) is 10.1. The number of rotatable bonds is 8. The number of amides is 1. The van der Waals surface area contributed by atoms with Crippen molar-refractivity contribution in [3.05, 3.63) is 35.9 Å². The summed E-state index contributed by atoms with van der Waals surface area (Å²) in [4.78, 5) is 20.4. The Morgan fingerprint density at radius 1 is 1.18 bits per heavy atom. The van der Waals surface area contributed by atoms with Gasteiger partial charge in [0.15, 0.2) is 5.96 Å². The average Bonchev–Trinajstić information content (AvgIpc) is 2.68. The lowest BCUT2D eigenvalue weighted by molar-refractivity contribution is -0.130. The van der Waals surface area contributed by atoms with Crippen molar-refractivity contribution < 1.29 is 4.79 Å². The van der Waals surface area contributed by atoms with Crippen molar-refractivity contribution in [1.29, 1.82) is 0 Å². The minimum Gasteiger partial charge on any atom is -0.357 e. The van der Waals surface area contributed by atoms with Gasteiger partial charge >= 0.3 is 0 Å².